The Morgan fingerprint density at radius 2 is 0.386 bits per heavy atom. The van der Waals surface area contributed by atoms with E-state index in [-0.39, 0.29) is 51.4 Å². The molecule has 0 atom stereocenters. The number of ether oxygens (including phenoxy) is 25. The second kappa shape index (κ2) is 101. The van der Waals surface area contributed by atoms with Gasteiger partial charge in [0.2, 0.25) is 11.9 Å². The van der Waals surface area contributed by atoms with Crippen LogP contribution in [-0.4, -0.2) is 312 Å². The van der Waals surface area contributed by atoms with Crippen LogP contribution in [0.2, 0.25) is 0 Å². The molecule has 30 nitrogen and oxygen atoms in total. The van der Waals surface area contributed by atoms with Crippen LogP contribution in [0.15, 0.2) is 54.6 Å². The standard InChI is InChI=1S/C110H195N5O25/c1-7-13-19-25-31-37-43-100-45-46-101(97-105(100)138-92-87-133-82-77-128-72-67-123-62-57-118-52-40-34-28-22-16-10-4)111-109-113-108(96-99-44-48-103(136-90-85-131-80-75-126-70-65-121-60-55-116-50-38-32-26-20-14-8-2)106(95-99)139-93-88-134-83-78-129-73-68-124-63-58-119-53-41-35-29-23-17-11-5)114-110(115-109)112-102-47-49-104(137-91-86-132-81-76-127-71-66-122-61-56-117-51-39-33-27-21-15-9-3)107(98-102)140-94-89-135-84-79-130-74-69-125-64-59-120-54-42-36-30-24-18-12-6/h44-49,95,97-98H,7-43,50-94,96H2,1-6H3,(H2,111,112,113,114,115). The van der Waals surface area contributed by atoms with Crippen LogP contribution in [0.4, 0.5) is 23.3 Å². The number of hydrogen-bond acceptors (Lipinski definition) is 30. The lowest BCUT2D eigenvalue weighted by Gasteiger charge is -2.17. The van der Waals surface area contributed by atoms with Crippen LogP contribution in [-0.2, 0) is 108 Å². The lowest BCUT2D eigenvalue weighted by atomic mass is 10.0. The number of unbranched alkanes of at least 4 members (excludes halogenated alkanes) is 30. The van der Waals surface area contributed by atoms with Gasteiger partial charge < -0.3 is 129 Å². The van der Waals surface area contributed by atoms with Gasteiger partial charge in [-0.1, -0.05) is 246 Å². The van der Waals surface area contributed by atoms with E-state index in [0.29, 0.717) is 266 Å². The zero-order valence-corrected chi connectivity index (χ0v) is 88.4. The second-order valence-corrected chi connectivity index (χ2v) is 34.9. The quantitative estimate of drug-likeness (QED) is 0.0388. The molecule has 2 N–H and O–H groups in total. The third-order valence-corrected chi connectivity index (χ3v) is 22.6. The van der Waals surface area contributed by atoms with Crippen LogP contribution >= 0.6 is 0 Å². The zero-order chi connectivity index (χ0) is 99.2. The fourth-order valence-corrected chi connectivity index (χ4v) is 14.6. The highest BCUT2D eigenvalue weighted by Crippen LogP contribution is 2.34. The molecule has 0 spiro atoms. The van der Waals surface area contributed by atoms with Gasteiger partial charge in [0, 0.05) is 63.0 Å². The van der Waals surface area contributed by atoms with Crippen molar-refractivity contribution < 1.29 is 118 Å². The molecule has 3 aromatic carbocycles. The fourth-order valence-electron chi connectivity index (χ4n) is 14.6. The molecule has 0 fully saturated rings. The number of hydrogen-bond donors (Lipinski definition) is 2. The van der Waals surface area contributed by atoms with Crippen LogP contribution in [0.25, 0.3) is 0 Å². The van der Waals surface area contributed by atoms with E-state index in [2.05, 4.69) is 58.2 Å². The van der Waals surface area contributed by atoms with Gasteiger partial charge in [0.15, 0.2) is 23.0 Å². The van der Waals surface area contributed by atoms with Crippen LogP contribution in [0.1, 0.15) is 290 Å². The number of nitrogens with zero attached hydrogens (tertiary/aromatic N) is 3. The summed E-state index contributed by atoms with van der Waals surface area (Å²) >= 11 is 0. The van der Waals surface area contributed by atoms with Crippen molar-refractivity contribution in [3.8, 4) is 28.7 Å². The molecule has 30 heteroatoms. The van der Waals surface area contributed by atoms with E-state index in [9.17, 15) is 0 Å². The summed E-state index contributed by atoms with van der Waals surface area (Å²) in [5.41, 5.74) is 3.28. The summed E-state index contributed by atoms with van der Waals surface area (Å²) in [6, 6.07) is 17.6. The summed E-state index contributed by atoms with van der Waals surface area (Å²) in [7, 11) is 0. The Kier molecular flexibility index (Phi) is 91.2. The molecule has 1 aromatic heterocycles. The minimum atomic E-state index is 0.217. The normalized spacial score (nSPS) is 11.6. The van der Waals surface area contributed by atoms with E-state index in [4.69, 9.17) is 133 Å². The van der Waals surface area contributed by atoms with E-state index >= 15 is 0 Å². The monoisotopic (exact) mass is 1990 g/mol. The van der Waals surface area contributed by atoms with E-state index in [0.717, 1.165) is 107 Å². The molecule has 0 saturated heterocycles. The molecule has 1 heterocycles. The van der Waals surface area contributed by atoms with Crippen LogP contribution < -0.4 is 34.3 Å². The van der Waals surface area contributed by atoms with Crippen LogP contribution in [0.3, 0.4) is 0 Å². The van der Waals surface area contributed by atoms with E-state index in [1.807, 2.05) is 48.5 Å². The van der Waals surface area contributed by atoms with Gasteiger partial charge in [-0.15, -0.1) is 0 Å². The molecule has 140 heavy (non-hydrogen) atoms. The van der Waals surface area contributed by atoms with Crippen molar-refractivity contribution in [3.05, 3.63) is 71.5 Å². The summed E-state index contributed by atoms with van der Waals surface area (Å²) in [5, 5.41) is 7.04. The molecule has 810 valence electrons. The maximum Gasteiger partial charge on any atom is 0.232 e. The maximum atomic E-state index is 6.61. The first kappa shape index (κ1) is 127. The first-order valence-corrected chi connectivity index (χ1v) is 54.9. The Balaban J connectivity index is 1.55. The molecule has 0 aliphatic carbocycles. The lowest BCUT2D eigenvalue weighted by Crippen LogP contribution is -2.15. The molecule has 4 aromatic rings. The van der Waals surface area contributed by atoms with E-state index in [1.165, 1.54) is 186 Å². The predicted octanol–water partition coefficient (Wildman–Crippen LogP) is 21.9. The molecule has 4 rings (SSSR count). The number of aryl methyl sites for hydroxylation is 1. The highest BCUT2D eigenvalue weighted by Gasteiger charge is 2.18. The molecule has 0 radical (unpaired) electrons. The van der Waals surface area contributed by atoms with Gasteiger partial charge in [-0.3, -0.25) is 0 Å². The molecule has 0 aliphatic rings. The maximum absolute atomic E-state index is 6.61. The summed E-state index contributed by atoms with van der Waals surface area (Å²) < 4.78 is 149. The highest BCUT2D eigenvalue weighted by atomic mass is 16.6. The number of benzene rings is 3. The van der Waals surface area contributed by atoms with Crippen molar-refractivity contribution >= 4 is 23.3 Å². The largest absolute Gasteiger partial charge is 0.491 e. The summed E-state index contributed by atoms with van der Waals surface area (Å²) in [4.78, 5) is 15.3. The third-order valence-electron chi connectivity index (χ3n) is 22.6. The Labute approximate surface area is 846 Å². The lowest BCUT2D eigenvalue weighted by molar-refractivity contribution is -0.00569. The minimum absolute atomic E-state index is 0.217. The third kappa shape index (κ3) is 78.8. The zero-order valence-electron chi connectivity index (χ0n) is 88.4. The Hall–Kier alpha value is -5.53. The molecular formula is C110H195N5O25. The van der Waals surface area contributed by atoms with Crippen LogP contribution in [0, 0.1) is 0 Å². The number of anilines is 4. The second-order valence-electron chi connectivity index (χ2n) is 34.9. The van der Waals surface area contributed by atoms with Crippen molar-refractivity contribution in [1.29, 1.82) is 0 Å². The number of rotatable bonds is 113. The smallest absolute Gasteiger partial charge is 0.232 e. The van der Waals surface area contributed by atoms with Gasteiger partial charge >= 0.3 is 0 Å². The van der Waals surface area contributed by atoms with Crippen LogP contribution in [0.5, 0.6) is 28.7 Å². The van der Waals surface area contributed by atoms with Gasteiger partial charge in [0.05, 0.1) is 231 Å². The molecule has 0 aliphatic heterocycles. The van der Waals surface area contributed by atoms with Crippen molar-refractivity contribution in [2.75, 3.05) is 308 Å². The average Bonchev–Trinajstić information content (AvgIpc) is 0.818. The van der Waals surface area contributed by atoms with Gasteiger partial charge in [0.1, 0.15) is 44.6 Å². The number of aromatic nitrogens is 3. The molecule has 0 bridgehead atoms. The topological polar surface area (TPSA) is 293 Å². The molecule has 0 amide bonds. The van der Waals surface area contributed by atoms with Crippen molar-refractivity contribution in [2.45, 2.75) is 286 Å². The van der Waals surface area contributed by atoms with E-state index < -0.39 is 0 Å². The summed E-state index contributed by atoms with van der Waals surface area (Å²) in [6.45, 7) is 34.6. The van der Waals surface area contributed by atoms with Gasteiger partial charge in [-0.2, -0.15) is 15.0 Å². The Morgan fingerprint density at radius 1 is 0.179 bits per heavy atom. The number of nitrogens with one attached hydrogen (secondary N) is 2. The van der Waals surface area contributed by atoms with Crippen molar-refractivity contribution in [1.82, 2.24) is 15.0 Å². The van der Waals surface area contributed by atoms with Crippen molar-refractivity contribution in [2.24, 2.45) is 0 Å². The van der Waals surface area contributed by atoms with Crippen molar-refractivity contribution in [3.63, 3.8) is 0 Å². The minimum Gasteiger partial charge on any atom is -0.491 e. The first-order valence-electron chi connectivity index (χ1n) is 54.9. The summed E-state index contributed by atoms with van der Waals surface area (Å²) in [6.07, 6.45) is 45.3. The first-order chi connectivity index (χ1) is 69.5. The highest BCUT2D eigenvalue weighted by molar-refractivity contribution is 5.62. The predicted molar refractivity (Wildman–Crippen MR) is 556 cm³/mol. The van der Waals surface area contributed by atoms with Gasteiger partial charge in [-0.25, -0.2) is 0 Å². The fraction of sp³-hybridized carbons (Fsp3) is 0.809. The van der Waals surface area contributed by atoms with Gasteiger partial charge in [-0.05, 0) is 86.4 Å². The molecule has 0 unspecified atom stereocenters. The molecule has 0 saturated carbocycles. The average molecular weight is 1990 g/mol. The molecular weight excluding hydrogens is 1790 g/mol. The Bertz CT molecular complexity index is 3120. The SMILES string of the molecule is CCCCCCCCOCCOCCOCCOCCOc1cc(Nc2nc(Cc3ccc(OCCOCCOCCOCCOCCCCCCCC)c(OCCOCCOCCOCCOCCCCCCCC)c3)nc(Nc3ccc(OCCOCCOCCOCCOCCCCCCCC)c(OCCOCCOCCOCCOCCCCCCCC)c3)n2)ccc1CCCCCCCC. The summed E-state index contributed by atoms with van der Waals surface area (Å²) in [5.74, 6) is 3.77. The van der Waals surface area contributed by atoms with E-state index in [1.54, 1.807) is 0 Å². The Morgan fingerprint density at radius 3 is 0.664 bits per heavy atom. The van der Waals surface area contributed by atoms with Gasteiger partial charge in [0.25, 0.3) is 0 Å².